The number of hydrogen-bond acceptors (Lipinski definition) is 4. The van der Waals surface area contributed by atoms with Crippen LogP contribution in [0.5, 0.6) is 0 Å². The number of thiazole rings is 1. The molecule has 0 bridgehead atoms. The highest BCUT2D eigenvalue weighted by Gasteiger charge is 2.22. The van der Waals surface area contributed by atoms with Crippen LogP contribution in [0.1, 0.15) is 11.1 Å². The van der Waals surface area contributed by atoms with Crippen molar-refractivity contribution in [3.8, 4) is 0 Å². The van der Waals surface area contributed by atoms with Crippen molar-refractivity contribution < 1.29 is 4.79 Å². The van der Waals surface area contributed by atoms with E-state index in [1.54, 1.807) is 6.20 Å². The van der Waals surface area contributed by atoms with Crippen LogP contribution in [0.3, 0.4) is 0 Å². The Morgan fingerprint density at radius 1 is 1.47 bits per heavy atom. The van der Waals surface area contributed by atoms with Gasteiger partial charge in [-0.05, 0) is 17.2 Å². The van der Waals surface area contributed by atoms with Gasteiger partial charge in [-0.3, -0.25) is 9.69 Å². The number of rotatable bonds is 3. The first kappa shape index (κ1) is 12.8. The van der Waals surface area contributed by atoms with Crippen LogP contribution in [0, 0.1) is 0 Å². The third-order valence-corrected chi connectivity index (χ3v) is 4.47. The Labute approximate surface area is 123 Å². The van der Waals surface area contributed by atoms with Crippen LogP contribution >= 0.6 is 27.3 Å². The maximum Gasteiger partial charge on any atom is 0.240 e. The lowest BCUT2D eigenvalue weighted by Crippen LogP contribution is -2.29. The van der Waals surface area contributed by atoms with Crippen LogP contribution in [0.4, 0.5) is 5.13 Å². The third-order valence-electron chi connectivity index (χ3n) is 3.04. The first-order valence-electron chi connectivity index (χ1n) is 5.90. The van der Waals surface area contributed by atoms with E-state index < -0.39 is 0 Å². The first-order chi connectivity index (χ1) is 9.22. The zero-order chi connectivity index (χ0) is 13.2. The molecule has 1 aliphatic heterocycles. The standard InChI is InChI=1S/C13H12BrN3OS/c14-11-3-1-2-9-6-17(7-10(9)11)8-12(18)16-13-15-4-5-19-13/h1-5H,6-8H2,(H,15,16,18). The first-order valence-corrected chi connectivity index (χ1v) is 7.57. The molecule has 0 spiro atoms. The molecule has 0 aliphatic carbocycles. The van der Waals surface area contributed by atoms with E-state index in [9.17, 15) is 4.79 Å². The molecule has 1 N–H and O–H groups in total. The minimum absolute atomic E-state index is 0.0149. The molecule has 0 saturated carbocycles. The van der Waals surface area contributed by atoms with Gasteiger partial charge in [0.05, 0.1) is 6.54 Å². The number of aromatic nitrogens is 1. The van der Waals surface area contributed by atoms with Gasteiger partial charge in [0, 0.05) is 29.1 Å². The van der Waals surface area contributed by atoms with Crippen LogP contribution in [-0.2, 0) is 17.9 Å². The molecule has 1 aromatic carbocycles. The van der Waals surface area contributed by atoms with Gasteiger partial charge in [-0.1, -0.05) is 28.1 Å². The van der Waals surface area contributed by atoms with Crippen molar-refractivity contribution in [1.82, 2.24) is 9.88 Å². The van der Waals surface area contributed by atoms with Crippen molar-refractivity contribution in [3.63, 3.8) is 0 Å². The summed E-state index contributed by atoms with van der Waals surface area (Å²) in [6.45, 7) is 2.02. The molecule has 0 saturated heterocycles. The predicted molar refractivity (Wildman–Crippen MR) is 79.0 cm³/mol. The summed E-state index contributed by atoms with van der Waals surface area (Å²) >= 11 is 4.98. The number of carbonyl (C=O) groups excluding carboxylic acids is 1. The fourth-order valence-electron chi connectivity index (χ4n) is 2.21. The summed E-state index contributed by atoms with van der Waals surface area (Å²) in [7, 11) is 0. The van der Waals surface area contributed by atoms with Gasteiger partial charge < -0.3 is 5.32 Å². The van der Waals surface area contributed by atoms with Gasteiger partial charge in [0.1, 0.15) is 0 Å². The number of fused-ring (bicyclic) bond motifs is 1. The van der Waals surface area contributed by atoms with E-state index in [1.165, 1.54) is 22.5 Å². The number of benzene rings is 1. The maximum absolute atomic E-state index is 11.9. The number of nitrogens with one attached hydrogen (secondary N) is 1. The largest absolute Gasteiger partial charge is 0.301 e. The molecule has 1 amide bonds. The fraction of sp³-hybridized carbons (Fsp3) is 0.231. The topological polar surface area (TPSA) is 45.2 Å². The lowest BCUT2D eigenvalue weighted by Gasteiger charge is -2.13. The van der Waals surface area contributed by atoms with E-state index in [2.05, 4.69) is 37.2 Å². The number of amides is 1. The Bertz CT molecular complexity index is 600. The number of halogens is 1. The fourth-order valence-corrected chi connectivity index (χ4v) is 3.29. The second-order valence-corrected chi connectivity index (χ2v) is 6.16. The molecule has 0 radical (unpaired) electrons. The predicted octanol–water partition coefficient (Wildman–Crippen LogP) is 2.86. The summed E-state index contributed by atoms with van der Waals surface area (Å²) in [4.78, 5) is 18.1. The summed E-state index contributed by atoms with van der Waals surface area (Å²) in [6.07, 6.45) is 1.68. The Morgan fingerprint density at radius 3 is 3.11 bits per heavy atom. The third kappa shape index (κ3) is 2.86. The molecule has 2 heterocycles. The van der Waals surface area contributed by atoms with Crippen molar-refractivity contribution in [3.05, 3.63) is 45.4 Å². The smallest absolute Gasteiger partial charge is 0.240 e. The molecule has 0 fully saturated rings. The monoisotopic (exact) mass is 337 g/mol. The lowest BCUT2D eigenvalue weighted by molar-refractivity contribution is -0.117. The Morgan fingerprint density at radius 2 is 2.37 bits per heavy atom. The number of nitrogens with zero attached hydrogens (tertiary/aromatic N) is 2. The van der Waals surface area contributed by atoms with Crippen LogP contribution in [0.2, 0.25) is 0 Å². The highest BCUT2D eigenvalue weighted by atomic mass is 79.9. The minimum atomic E-state index is -0.0149. The molecule has 98 valence electrons. The highest BCUT2D eigenvalue weighted by molar-refractivity contribution is 9.10. The second kappa shape index (κ2) is 5.40. The number of anilines is 1. The summed E-state index contributed by atoms with van der Waals surface area (Å²) < 4.78 is 1.12. The molecule has 2 aromatic rings. The molecular formula is C13H12BrN3OS. The molecule has 6 heteroatoms. The Balaban J connectivity index is 1.61. The van der Waals surface area contributed by atoms with E-state index in [0.29, 0.717) is 11.7 Å². The van der Waals surface area contributed by atoms with Gasteiger partial charge in [-0.25, -0.2) is 4.98 Å². The van der Waals surface area contributed by atoms with E-state index in [0.717, 1.165) is 17.6 Å². The van der Waals surface area contributed by atoms with Crippen molar-refractivity contribution in [1.29, 1.82) is 0 Å². The molecule has 4 nitrogen and oxygen atoms in total. The van der Waals surface area contributed by atoms with E-state index in [-0.39, 0.29) is 5.91 Å². The molecule has 1 aromatic heterocycles. The van der Waals surface area contributed by atoms with Gasteiger partial charge in [-0.2, -0.15) is 0 Å². The molecule has 3 rings (SSSR count). The normalized spacial score (nSPS) is 14.4. The van der Waals surface area contributed by atoms with Gasteiger partial charge in [0.15, 0.2) is 5.13 Å². The van der Waals surface area contributed by atoms with Crippen molar-refractivity contribution in [2.24, 2.45) is 0 Å². The van der Waals surface area contributed by atoms with Gasteiger partial charge in [0.2, 0.25) is 5.91 Å². The number of hydrogen-bond donors (Lipinski definition) is 1. The summed E-state index contributed by atoms with van der Waals surface area (Å²) in [5.41, 5.74) is 2.57. The lowest BCUT2D eigenvalue weighted by atomic mass is 10.1. The van der Waals surface area contributed by atoms with Gasteiger partial charge in [0.25, 0.3) is 0 Å². The molecule has 19 heavy (non-hydrogen) atoms. The highest BCUT2D eigenvalue weighted by Crippen LogP contribution is 2.29. The molecule has 1 aliphatic rings. The van der Waals surface area contributed by atoms with Crippen LogP contribution < -0.4 is 5.32 Å². The van der Waals surface area contributed by atoms with Crippen molar-refractivity contribution in [2.45, 2.75) is 13.1 Å². The van der Waals surface area contributed by atoms with Crippen LogP contribution in [-0.4, -0.2) is 22.3 Å². The van der Waals surface area contributed by atoms with Gasteiger partial charge in [-0.15, -0.1) is 11.3 Å². The average Bonchev–Trinajstić information content (AvgIpc) is 2.98. The van der Waals surface area contributed by atoms with Crippen molar-refractivity contribution >= 4 is 38.3 Å². The zero-order valence-corrected chi connectivity index (χ0v) is 12.5. The Kier molecular flexibility index (Phi) is 3.63. The summed E-state index contributed by atoms with van der Waals surface area (Å²) in [6, 6.07) is 6.18. The summed E-state index contributed by atoms with van der Waals surface area (Å²) in [5, 5.41) is 5.31. The van der Waals surface area contributed by atoms with Gasteiger partial charge >= 0.3 is 0 Å². The van der Waals surface area contributed by atoms with Crippen molar-refractivity contribution in [2.75, 3.05) is 11.9 Å². The minimum Gasteiger partial charge on any atom is -0.301 e. The molecular weight excluding hydrogens is 326 g/mol. The van der Waals surface area contributed by atoms with Crippen LogP contribution in [0.25, 0.3) is 0 Å². The van der Waals surface area contributed by atoms with E-state index >= 15 is 0 Å². The average molecular weight is 338 g/mol. The number of carbonyl (C=O) groups is 1. The SMILES string of the molecule is O=C(CN1Cc2cccc(Br)c2C1)Nc1nccs1. The maximum atomic E-state index is 11.9. The zero-order valence-electron chi connectivity index (χ0n) is 10.1. The Hall–Kier alpha value is -1.24. The second-order valence-electron chi connectivity index (χ2n) is 4.41. The van der Waals surface area contributed by atoms with Crippen LogP contribution in [0.15, 0.2) is 34.2 Å². The quantitative estimate of drug-likeness (QED) is 0.936. The molecule has 0 unspecified atom stereocenters. The van der Waals surface area contributed by atoms with E-state index in [1.807, 2.05) is 17.5 Å². The van der Waals surface area contributed by atoms with E-state index in [4.69, 9.17) is 0 Å². The molecule has 0 atom stereocenters. The summed E-state index contributed by atoms with van der Waals surface area (Å²) in [5.74, 6) is -0.0149.